The normalized spacial score (nSPS) is 20.5. The molecule has 0 aliphatic carbocycles. The lowest BCUT2D eigenvalue weighted by molar-refractivity contribution is -0.117. The SMILES string of the molecule is O=C(Nc1cccc(Cl)c1Cl)C1CC(c2ccccc2Cl)NN1. The number of amides is 1. The molecule has 3 rings (SSSR count). The maximum absolute atomic E-state index is 12.4. The lowest BCUT2D eigenvalue weighted by atomic mass is 10.0. The number of anilines is 1. The Bertz CT molecular complexity index is 738. The number of halogens is 3. The van der Waals surface area contributed by atoms with Gasteiger partial charge < -0.3 is 5.32 Å². The summed E-state index contributed by atoms with van der Waals surface area (Å²) in [5.74, 6) is -0.184. The third-order valence-corrected chi connectivity index (χ3v) is 4.87. The van der Waals surface area contributed by atoms with Gasteiger partial charge in [0.1, 0.15) is 6.04 Å². The topological polar surface area (TPSA) is 53.2 Å². The Morgan fingerprint density at radius 2 is 1.74 bits per heavy atom. The Labute approximate surface area is 149 Å². The fourth-order valence-electron chi connectivity index (χ4n) is 2.51. The smallest absolute Gasteiger partial charge is 0.242 e. The van der Waals surface area contributed by atoms with Crippen molar-refractivity contribution in [1.82, 2.24) is 10.9 Å². The van der Waals surface area contributed by atoms with Crippen LogP contribution in [0.4, 0.5) is 5.69 Å². The average Bonchev–Trinajstić information content (AvgIpc) is 3.02. The van der Waals surface area contributed by atoms with Gasteiger partial charge >= 0.3 is 0 Å². The van der Waals surface area contributed by atoms with Crippen molar-refractivity contribution in [2.24, 2.45) is 0 Å². The first-order valence-corrected chi connectivity index (χ1v) is 8.20. The van der Waals surface area contributed by atoms with Crippen LogP contribution in [-0.2, 0) is 4.79 Å². The summed E-state index contributed by atoms with van der Waals surface area (Å²) in [6, 6.07) is 12.2. The molecule has 120 valence electrons. The van der Waals surface area contributed by atoms with E-state index in [9.17, 15) is 4.79 Å². The monoisotopic (exact) mass is 369 g/mol. The van der Waals surface area contributed by atoms with Gasteiger partial charge in [-0.05, 0) is 30.2 Å². The fourth-order valence-corrected chi connectivity index (χ4v) is 3.13. The Kier molecular flexibility index (Phi) is 5.09. The third-order valence-electron chi connectivity index (χ3n) is 3.71. The second kappa shape index (κ2) is 7.07. The second-order valence-corrected chi connectivity index (χ2v) is 6.43. The van der Waals surface area contributed by atoms with Crippen LogP contribution in [0.3, 0.4) is 0 Å². The predicted molar refractivity (Wildman–Crippen MR) is 94.0 cm³/mol. The van der Waals surface area contributed by atoms with Gasteiger partial charge in [0, 0.05) is 11.1 Å². The number of benzene rings is 2. The lowest BCUT2D eigenvalue weighted by Gasteiger charge is -2.12. The highest BCUT2D eigenvalue weighted by Crippen LogP contribution is 2.31. The van der Waals surface area contributed by atoms with E-state index in [0.717, 1.165) is 5.56 Å². The molecule has 4 nitrogen and oxygen atoms in total. The van der Waals surface area contributed by atoms with Gasteiger partial charge in [0.15, 0.2) is 0 Å². The molecule has 0 bridgehead atoms. The minimum absolute atomic E-state index is 0.0331. The van der Waals surface area contributed by atoms with Crippen molar-refractivity contribution in [3.8, 4) is 0 Å². The van der Waals surface area contributed by atoms with Crippen LogP contribution in [-0.4, -0.2) is 11.9 Å². The molecule has 1 heterocycles. The number of carbonyl (C=O) groups is 1. The molecule has 2 aromatic rings. The lowest BCUT2D eigenvalue weighted by Crippen LogP contribution is -2.39. The Hall–Kier alpha value is -1.30. The Balaban J connectivity index is 1.68. The largest absolute Gasteiger partial charge is 0.323 e. The van der Waals surface area contributed by atoms with E-state index in [1.165, 1.54) is 0 Å². The van der Waals surface area contributed by atoms with Crippen LogP contribution < -0.4 is 16.2 Å². The van der Waals surface area contributed by atoms with Gasteiger partial charge in [-0.25, -0.2) is 10.9 Å². The zero-order valence-corrected chi connectivity index (χ0v) is 14.2. The molecule has 0 aromatic heterocycles. The first-order chi connectivity index (χ1) is 11.1. The summed E-state index contributed by atoms with van der Waals surface area (Å²) in [4.78, 5) is 12.4. The van der Waals surface area contributed by atoms with Crippen molar-refractivity contribution >= 4 is 46.4 Å². The van der Waals surface area contributed by atoms with Crippen LogP contribution in [0.25, 0.3) is 0 Å². The van der Waals surface area contributed by atoms with Crippen LogP contribution in [0.15, 0.2) is 42.5 Å². The number of hydrogen-bond acceptors (Lipinski definition) is 3. The van der Waals surface area contributed by atoms with E-state index >= 15 is 0 Å². The van der Waals surface area contributed by atoms with Crippen molar-refractivity contribution in [3.05, 3.63) is 63.1 Å². The molecule has 7 heteroatoms. The van der Waals surface area contributed by atoms with E-state index in [4.69, 9.17) is 34.8 Å². The van der Waals surface area contributed by atoms with Crippen LogP contribution >= 0.6 is 34.8 Å². The van der Waals surface area contributed by atoms with Crippen molar-refractivity contribution in [2.45, 2.75) is 18.5 Å². The summed E-state index contributed by atoms with van der Waals surface area (Å²) in [5, 5.41) is 4.19. The molecule has 0 saturated carbocycles. The minimum atomic E-state index is -0.397. The molecule has 1 saturated heterocycles. The van der Waals surface area contributed by atoms with Gasteiger partial charge in [0.25, 0.3) is 0 Å². The zero-order chi connectivity index (χ0) is 16.4. The molecule has 3 N–H and O–H groups in total. The highest BCUT2D eigenvalue weighted by molar-refractivity contribution is 6.44. The molecular weight excluding hydrogens is 357 g/mol. The highest BCUT2D eigenvalue weighted by atomic mass is 35.5. The van der Waals surface area contributed by atoms with E-state index in [1.54, 1.807) is 18.2 Å². The van der Waals surface area contributed by atoms with Crippen LogP contribution in [0.5, 0.6) is 0 Å². The second-order valence-electron chi connectivity index (χ2n) is 5.24. The summed E-state index contributed by atoms with van der Waals surface area (Å²) >= 11 is 18.2. The van der Waals surface area contributed by atoms with Crippen molar-refractivity contribution in [3.63, 3.8) is 0 Å². The third kappa shape index (κ3) is 3.62. The summed E-state index contributed by atoms with van der Waals surface area (Å²) in [6.45, 7) is 0. The number of hydrogen-bond donors (Lipinski definition) is 3. The molecular formula is C16H14Cl3N3O. The van der Waals surface area contributed by atoms with Gasteiger partial charge in [0.2, 0.25) is 5.91 Å². The molecule has 1 amide bonds. The Morgan fingerprint density at radius 3 is 2.52 bits per heavy atom. The minimum Gasteiger partial charge on any atom is -0.323 e. The van der Waals surface area contributed by atoms with Crippen LogP contribution in [0, 0.1) is 0 Å². The van der Waals surface area contributed by atoms with Crippen molar-refractivity contribution < 1.29 is 4.79 Å². The van der Waals surface area contributed by atoms with Gasteiger partial charge in [-0.3, -0.25) is 4.79 Å². The first-order valence-electron chi connectivity index (χ1n) is 7.06. The molecule has 1 aliphatic rings. The van der Waals surface area contributed by atoms with E-state index in [1.807, 2.05) is 24.3 Å². The first kappa shape index (κ1) is 16.6. The zero-order valence-electron chi connectivity index (χ0n) is 11.9. The number of nitrogens with one attached hydrogen (secondary N) is 3. The van der Waals surface area contributed by atoms with Gasteiger partial charge in [-0.2, -0.15) is 0 Å². The standard InChI is InChI=1S/C16H14Cl3N3O/c17-10-5-2-1-4-9(10)13-8-14(22-21-13)16(23)20-12-7-3-6-11(18)15(12)19/h1-7,13-14,21-22H,8H2,(H,20,23). The molecule has 1 aliphatic heterocycles. The van der Waals surface area contributed by atoms with Gasteiger partial charge in [0.05, 0.1) is 15.7 Å². The molecule has 2 atom stereocenters. The maximum Gasteiger partial charge on any atom is 0.242 e. The average molecular weight is 371 g/mol. The summed E-state index contributed by atoms with van der Waals surface area (Å²) in [6.07, 6.45) is 0.577. The molecule has 1 fully saturated rings. The number of rotatable bonds is 3. The van der Waals surface area contributed by atoms with Gasteiger partial charge in [-0.15, -0.1) is 0 Å². The summed E-state index contributed by atoms with van der Waals surface area (Å²) in [7, 11) is 0. The summed E-state index contributed by atoms with van der Waals surface area (Å²) < 4.78 is 0. The maximum atomic E-state index is 12.4. The number of hydrazine groups is 1. The predicted octanol–water partition coefficient (Wildman–Crippen LogP) is 4.19. The van der Waals surface area contributed by atoms with Crippen molar-refractivity contribution in [2.75, 3.05) is 5.32 Å². The molecule has 2 aromatic carbocycles. The number of carbonyl (C=O) groups excluding carboxylic acids is 1. The van der Waals surface area contributed by atoms with E-state index < -0.39 is 6.04 Å². The van der Waals surface area contributed by atoms with Crippen LogP contribution in [0.2, 0.25) is 15.1 Å². The molecule has 23 heavy (non-hydrogen) atoms. The fraction of sp³-hybridized carbons (Fsp3) is 0.188. The van der Waals surface area contributed by atoms with E-state index in [-0.39, 0.29) is 11.9 Å². The van der Waals surface area contributed by atoms with Crippen molar-refractivity contribution in [1.29, 1.82) is 0 Å². The summed E-state index contributed by atoms with van der Waals surface area (Å²) in [5.41, 5.74) is 7.54. The Morgan fingerprint density at radius 1 is 1.00 bits per heavy atom. The van der Waals surface area contributed by atoms with Crippen LogP contribution in [0.1, 0.15) is 18.0 Å². The van der Waals surface area contributed by atoms with E-state index in [2.05, 4.69) is 16.2 Å². The molecule has 0 spiro atoms. The van der Waals surface area contributed by atoms with E-state index in [0.29, 0.717) is 27.2 Å². The molecule has 0 radical (unpaired) electrons. The molecule has 2 unspecified atom stereocenters. The van der Waals surface area contributed by atoms with Gasteiger partial charge in [-0.1, -0.05) is 59.1 Å². The highest BCUT2D eigenvalue weighted by Gasteiger charge is 2.31. The quantitative estimate of drug-likeness (QED) is 0.759.